The molecule has 0 saturated heterocycles. The van der Waals surface area contributed by atoms with Crippen LogP contribution < -0.4 is 20.1 Å². The van der Waals surface area contributed by atoms with E-state index in [9.17, 15) is 14.0 Å². The van der Waals surface area contributed by atoms with Gasteiger partial charge in [-0.15, -0.1) is 0 Å². The molecule has 0 aliphatic heterocycles. The number of hydrogen-bond acceptors (Lipinski definition) is 7. The van der Waals surface area contributed by atoms with E-state index in [0.717, 1.165) is 56.9 Å². The maximum atomic E-state index is 15.2. The van der Waals surface area contributed by atoms with E-state index < -0.39 is 28.9 Å². The molecule has 0 spiro atoms. The van der Waals surface area contributed by atoms with Crippen molar-refractivity contribution in [2.75, 3.05) is 37.4 Å². The first-order valence-corrected chi connectivity index (χ1v) is 15.7. The summed E-state index contributed by atoms with van der Waals surface area (Å²) in [6.45, 7) is 7.58. The Morgan fingerprint density at radius 1 is 0.870 bits per heavy atom. The summed E-state index contributed by atoms with van der Waals surface area (Å²) in [5, 5.41) is 5.86. The minimum Gasteiger partial charge on any atom is -0.496 e. The van der Waals surface area contributed by atoms with Gasteiger partial charge in [0, 0.05) is 17.4 Å². The number of halogens is 2. The van der Waals surface area contributed by atoms with E-state index in [1.165, 1.54) is 42.7 Å². The van der Waals surface area contributed by atoms with Crippen molar-refractivity contribution in [3.05, 3.63) is 78.1 Å². The highest BCUT2D eigenvalue weighted by Crippen LogP contribution is 2.47. The van der Waals surface area contributed by atoms with Crippen LogP contribution in [0.2, 0.25) is 0 Å². The van der Waals surface area contributed by atoms with E-state index in [4.69, 9.17) is 9.47 Å². The quantitative estimate of drug-likeness (QED) is 0.106. The van der Waals surface area contributed by atoms with Gasteiger partial charge in [0.1, 0.15) is 23.3 Å². The number of anilines is 2. The average molecular weight is 632 g/mol. The Morgan fingerprint density at radius 2 is 1.57 bits per heavy atom. The first kappa shape index (κ1) is 32.7. The van der Waals surface area contributed by atoms with Gasteiger partial charge in [0.15, 0.2) is 11.6 Å². The van der Waals surface area contributed by atoms with Crippen LogP contribution in [-0.4, -0.2) is 53.4 Å². The van der Waals surface area contributed by atoms with Gasteiger partial charge in [0.25, 0.3) is 0 Å². The number of aromatic nitrogens is 2. The minimum atomic E-state index is -1.27. The number of unbranched alkanes of at least 4 members (excludes halogenated alkanes) is 2. The Hall–Kier alpha value is -4.64. The molecule has 0 unspecified atom stereocenters. The SMILES string of the molecule is CCN(CC)CCCCCc1cc2ncnc(Oc3ccc(NC(=O)C4(C(=O)Nc5ccc(F)cc5)CC4)cc3F)c2cc1OC. The zero-order valence-corrected chi connectivity index (χ0v) is 26.4. The van der Waals surface area contributed by atoms with Crippen LogP contribution in [0, 0.1) is 17.0 Å². The van der Waals surface area contributed by atoms with Crippen LogP contribution in [0.25, 0.3) is 10.9 Å². The Labute approximate surface area is 267 Å². The lowest BCUT2D eigenvalue weighted by Gasteiger charge is -2.17. The third-order valence-electron chi connectivity index (χ3n) is 8.43. The first-order valence-electron chi connectivity index (χ1n) is 15.7. The monoisotopic (exact) mass is 631 g/mol. The number of amides is 2. The molecule has 0 radical (unpaired) electrons. The fourth-order valence-corrected chi connectivity index (χ4v) is 5.42. The lowest BCUT2D eigenvalue weighted by Crippen LogP contribution is -2.35. The van der Waals surface area contributed by atoms with Crippen molar-refractivity contribution in [1.82, 2.24) is 14.9 Å². The number of carbonyl (C=O) groups is 2. The molecule has 46 heavy (non-hydrogen) atoms. The summed E-state index contributed by atoms with van der Waals surface area (Å²) in [7, 11) is 1.61. The van der Waals surface area contributed by atoms with Gasteiger partial charge in [-0.2, -0.15) is 0 Å². The van der Waals surface area contributed by atoms with Crippen LogP contribution in [0.4, 0.5) is 20.2 Å². The standard InChI is InChI=1S/C35H39F2N5O4/c1-4-42(5-2)18-8-6-7-9-23-19-29-27(21-31(23)45-3)32(39-22-38-29)46-30-15-14-26(20-28(30)37)41-34(44)35(16-17-35)33(43)40-25-12-10-24(36)11-13-25/h10-15,19-22H,4-9,16-18H2,1-3H3,(H,40,43)(H,41,44). The van der Waals surface area contributed by atoms with E-state index in [1.807, 2.05) is 12.1 Å². The normalized spacial score (nSPS) is 13.4. The van der Waals surface area contributed by atoms with Crippen LogP contribution in [0.5, 0.6) is 17.4 Å². The van der Waals surface area contributed by atoms with Crippen LogP contribution in [0.15, 0.2) is 60.9 Å². The molecule has 1 heterocycles. The van der Waals surface area contributed by atoms with E-state index in [0.29, 0.717) is 35.2 Å². The largest absolute Gasteiger partial charge is 0.496 e. The molecular formula is C35H39F2N5O4. The lowest BCUT2D eigenvalue weighted by molar-refractivity contribution is -0.131. The van der Waals surface area contributed by atoms with Gasteiger partial charge in [-0.25, -0.2) is 18.7 Å². The second-order valence-corrected chi connectivity index (χ2v) is 11.4. The molecule has 0 atom stereocenters. The summed E-state index contributed by atoms with van der Waals surface area (Å²) in [6, 6.07) is 13.1. The summed E-state index contributed by atoms with van der Waals surface area (Å²) < 4.78 is 40.0. The van der Waals surface area contributed by atoms with Crippen molar-refractivity contribution < 1.29 is 27.8 Å². The second kappa shape index (κ2) is 14.6. The molecular weight excluding hydrogens is 592 g/mol. The smallest absolute Gasteiger partial charge is 0.240 e. The number of benzene rings is 3. The Kier molecular flexibility index (Phi) is 10.4. The van der Waals surface area contributed by atoms with E-state index in [2.05, 4.69) is 39.3 Å². The number of ether oxygens (including phenoxy) is 2. The average Bonchev–Trinajstić information content (AvgIpc) is 3.87. The maximum Gasteiger partial charge on any atom is 0.240 e. The van der Waals surface area contributed by atoms with Gasteiger partial charge >= 0.3 is 0 Å². The molecule has 1 aromatic heterocycles. The van der Waals surface area contributed by atoms with Crippen LogP contribution >= 0.6 is 0 Å². The van der Waals surface area contributed by atoms with E-state index in [1.54, 1.807) is 7.11 Å². The molecule has 2 N–H and O–H groups in total. The van der Waals surface area contributed by atoms with Crippen LogP contribution in [0.3, 0.4) is 0 Å². The number of fused-ring (bicyclic) bond motifs is 1. The highest BCUT2D eigenvalue weighted by atomic mass is 19.1. The molecule has 5 rings (SSSR count). The van der Waals surface area contributed by atoms with Crippen molar-refractivity contribution in [2.45, 2.75) is 52.4 Å². The zero-order chi connectivity index (χ0) is 32.7. The van der Waals surface area contributed by atoms with Gasteiger partial charge in [-0.1, -0.05) is 20.3 Å². The number of aryl methyl sites for hydroxylation is 1. The summed E-state index contributed by atoms with van der Waals surface area (Å²) in [6.07, 6.45) is 6.17. The van der Waals surface area contributed by atoms with Gasteiger partial charge in [-0.05, 0) is 106 Å². The Morgan fingerprint density at radius 3 is 2.22 bits per heavy atom. The van der Waals surface area contributed by atoms with Crippen molar-refractivity contribution >= 4 is 34.1 Å². The molecule has 3 aromatic carbocycles. The van der Waals surface area contributed by atoms with Crippen LogP contribution in [-0.2, 0) is 16.0 Å². The van der Waals surface area contributed by atoms with Gasteiger partial charge < -0.3 is 25.0 Å². The first-order chi connectivity index (χ1) is 22.3. The summed E-state index contributed by atoms with van der Waals surface area (Å²) in [5.41, 5.74) is 0.968. The fourth-order valence-electron chi connectivity index (χ4n) is 5.42. The highest BCUT2D eigenvalue weighted by molar-refractivity contribution is 6.16. The molecule has 0 bridgehead atoms. The molecule has 9 nitrogen and oxygen atoms in total. The van der Waals surface area contributed by atoms with Crippen LogP contribution in [0.1, 0.15) is 51.5 Å². The van der Waals surface area contributed by atoms with E-state index >= 15 is 4.39 Å². The van der Waals surface area contributed by atoms with Crippen molar-refractivity contribution in [3.8, 4) is 17.4 Å². The number of rotatable bonds is 15. The van der Waals surface area contributed by atoms with Crippen molar-refractivity contribution in [2.24, 2.45) is 5.41 Å². The Bertz CT molecular complexity index is 1690. The van der Waals surface area contributed by atoms with Gasteiger partial charge in [0.2, 0.25) is 17.7 Å². The molecule has 1 aliphatic rings. The van der Waals surface area contributed by atoms with Crippen molar-refractivity contribution in [3.63, 3.8) is 0 Å². The fraction of sp³-hybridized carbons (Fsp3) is 0.371. The molecule has 1 fully saturated rings. The molecule has 1 saturated carbocycles. The predicted octanol–water partition coefficient (Wildman–Crippen LogP) is 7.12. The van der Waals surface area contributed by atoms with Gasteiger partial charge in [0.05, 0.1) is 18.0 Å². The number of nitrogens with one attached hydrogen (secondary N) is 2. The number of methoxy groups -OCH3 is 1. The topological polar surface area (TPSA) is 106 Å². The summed E-state index contributed by atoms with van der Waals surface area (Å²) in [5.74, 6) is -1.44. The number of nitrogens with zero attached hydrogens (tertiary/aromatic N) is 3. The maximum absolute atomic E-state index is 15.2. The highest BCUT2D eigenvalue weighted by Gasteiger charge is 2.56. The summed E-state index contributed by atoms with van der Waals surface area (Å²) >= 11 is 0. The molecule has 11 heteroatoms. The van der Waals surface area contributed by atoms with Gasteiger partial charge in [-0.3, -0.25) is 9.59 Å². The van der Waals surface area contributed by atoms with Crippen molar-refractivity contribution in [1.29, 1.82) is 0 Å². The molecule has 1 aliphatic carbocycles. The third-order valence-corrected chi connectivity index (χ3v) is 8.43. The van der Waals surface area contributed by atoms with E-state index in [-0.39, 0.29) is 17.3 Å². The molecule has 242 valence electrons. The number of carbonyl (C=O) groups excluding carboxylic acids is 2. The number of hydrogen-bond donors (Lipinski definition) is 2. The molecule has 2 amide bonds. The second-order valence-electron chi connectivity index (χ2n) is 11.4. The predicted molar refractivity (Wildman–Crippen MR) is 173 cm³/mol. The summed E-state index contributed by atoms with van der Waals surface area (Å²) in [4.78, 5) is 37.0. The lowest BCUT2D eigenvalue weighted by atomic mass is 10.0. The third kappa shape index (κ3) is 7.59. The minimum absolute atomic E-state index is 0.0931. The molecule has 4 aromatic rings. The zero-order valence-electron chi connectivity index (χ0n) is 26.4. The Balaban J connectivity index is 1.23.